The Labute approximate surface area is 153 Å². The highest BCUT2D eigenvalue weighted by Crippen LogP contribution is 2.25. The number of benzene rings is 1. The maximum Gasteiger partial charge on any atom is 0.194 e. The van der Waals surface area contributed by atoms with E-state index in [-0.39, 0.29) is 0 Å². The van der Waals surface area contributed by atoms with E-state index in [0.717, 1.165) is 43.0 Å². The van der Waals surface area contributed by atoms with Crippen molar-refractivity contribution < 1.29 is 0 Å². The fourth-order valence-electron chi connectivity index (χ4n) is 3.04. The lowest BCUT2D eigenvalue weighted by Crippen LogP contribution is -2.52. The molecule has 0 amide bonds. The van der Waals surface area contributed by atoms with E-state index in [9.17, 15) is 0 Å². The number of guanidine groups is 1. The number of aryl methyl sites for hydroxylation is 2. The van der Waals surface area contributed by atoms with Gasteiger partial charge in [-0.1, -0.05) is 17.7 Å². The smallest absolute Gasteiger partial charge is 0.194 e. The molecule has 3 rings (SSSR count). The van der Waals surface area contributed by atoms with Crippen molar-refractivity contribution in [2.24, 2.45) is 12.0 Å². The van der Waals surface area contributed by atoms with Crippen molar-refractivity contribution in [2.75, 3.05) is 38.1 Å². The average Bonchev–Trinajstić information content (AvgIpc) is 3.03. The fourth-order valence-corrected chi connectivity index (χ4v) is 3.21. The molecule has 0 saturated carbocycles. The highest BCUT2D eigenvalue weighted by molar-refractivity contribution is 6.30. The first-order chi connectivity index (χ1) is 12.1. The molecular weight excluding hydrogens is 338 g/mol. The molecule has 1 aliphatic heterocycles. The van der Waals surface area contributed by atoms with Gasteiger partial charge in [0, 0.05) is 51.0 Å². The Kier molecular flexibility index (Phi) is 5.43. The van der Waals surface area contributed by atoms with E-state index in [0.29, 0.717) is 6.54 Å². The molecule has 25 heavy (non-hydrogen) atoms. The molecule has 1 fully saturated rings. The van der Waals surface area contributed by atoms with Crippen molar-refractivity contribution in [1.29, 1.82) is 0 Å². The van der Waals surface area contributed by atoms with Gasteiger partial charge in [-0.2, -0.15) is 0 Å². The van der Waals surface area contributed by atoms with Crippen molar-refractivity contribution in [3.8, 4) is 0 Å². The second-order valence-electron chi connectivity index (χ2n) is 6.16. The SMILES string of the molecule is CN=C(NCc1nncn1C)N1CCN(c2cc(Cl)ccc2C)CC1. The van der Waals surface area contributed by atoms with E-state index in [1.165, 1.54) is 11.3 Å². The van der Waals surface area contributed by atoms with Crippen LogP contribution in [0.4, 0.5) is 5.69 Å². The van der Waals surface area contributed by atoms with Crippen molar-refractivity contribution >= 4 is 23.2 Å². The number of hydrogen-bond acceptors (Lipinski definition) is 4. The largest absolute Gasteiger partial charge is 0.368 e. The van der Waals surface area contributed by atoms with E-state index >= 15 is 0 Å². The fraction of sp³-hybridized carbons (Fsp3) is 0.471. The lowest BCUT2D eigenvalue weighted by atomic mass is 10.1. The summed E-state index contributed by atoms with van der Waals surface area (Å²) in [6, 6.07) is 6.06. The van der Waals surface area contributed by atoms with Gasteiger partial charge < -0.3 is 19.7 Å². The van der Waals surface area contributed by atoms with Crippen LogP contribution in [0.5, 0.6) is 0 Å². The quantitative estimate of drug-likeness (QED) is 0.665. The van der Waals surface area contributed by atoms with Crippen molar-refractivity contribution in [3.05, 3.63) is 40.9 Å². The van der Waals surface area contributed by atoms with Crippen LogP contribution in [0.25, 0.3) is 0 Å². The van der Waals surface area contributed by atoms with Crippen LogP contribution in [0.2, 0.25) is 5.02 Å². The van der Waals surface area contributed by atoms with E-state index in [4.69, 9.17) is 11.6 Å². The minimum atomic E-state index is 0.608. The Morgan fingerprint density at radius 3 is 2.68 bits per heavy atom. The number of nitrogens with zero attached hydrogens (tertiary/aromatic N) is 6. The summed E-state index contributed by atoms with van der Waals surface area (Å²) in [6.07, 6.45) is 1.70. The third-order valence-corrected chi connectivity index (χ3v) is 4.75. The number of rotatable bonds is 3. The Morgan fingerprint density at radius 2 is 2.04 bits per heavy atom. The first kappa shape index (κ1) is 17.5. The van der Waals surface area contributed by atoms with E-state index < -0.39 is 0 Å². The van der Waals surface area contributed by atoms with Crippen LogP contribution in [0.3, 0.4) is 0 Å². The zero-order valence-corrected chi connectivity index (χ0v) is 15.7. The summed E-state index contributed by atoms with van der Waals surface area (Å²) in [5, 5.41) is 12.1. The molecular formula is C17H24ClN7. The summed E-state index contributed by atoms with van der Waals surface area (Å²) in [5.74, 6) is 1.78. The number of halogens is 1. The molecule has 1 saturated heterocycles. The van der Waals surface area contributed by atoms with Gasteiger partial charge in [-0.25, -0.2) is 0 Å². The van der Waals surface area contributed by atoms with Gasteiger partial charge in [0.2, 0.25) is 0 Å². The summed E-state index contributed by atoms with van der Waals surface area (Å²) in [4.78, 5) is 9.06. The molecule has 8 heteroatoms. The van der Waals surface area contributed by atoms with Crippen molar-refractivity contribution in [3.63, 3.8) is 0 Å². The maximum absolute atomic E-state index is 6.16. The summed E-state index contributed by atoms with van der Waals surface area (Å²) < 4.78 is 1.90. The third kappa shape index (κ3) is 4.04. The van der Waals surface area contributed by atoms with Crippen LogP contribution in [-0.2, 0) is 13.6 Å². The molecule has 2 heterocycles. The van der Waals surface area contributed by atoms with Crippen LogP contribution < -0.4 is 10.2 Å². The monoisotopic (exact) mass is 361 g/mol. The number of piperazine rings is 1. The molecule has 1 aromatic heterocycles. The van der Waals surface area contributed by atoms with E-state index in [1.54, 1.807) is 6.33 Å². The van der Waals surface area contributed by atoms with E-state index in [1.807, 2.05) is 30.8 Å². The summed E-state index contributed by atoms with van der Waals surface area (Å²) >= 11 is 6.16. The highest BCUT2D eigenvalue weighted by Gasteiger charge is 2.21. The Bertz CT molecular complexity index is 747. The second kappa shape index (κ2) is 7.74. The number of aliphatic imine (C=N–C) groups is 1. The van der Waals surface area contributed by atoms with Gasteiger partial charge in [-0.15, -0.1) is 10.2 Å². The minimum Gasteiger partial charge on any atom is -0.368 e. The van der Waals surface area contributed by atoms with Gasteiger partial charge in [0.15, 0.2) is 11.8 Å². The standard InChI is InChI=1S/C17H24ClN7/c1-13-4-5-14(18)10-15(13)24-6-8-25(9-7-24)17(19-2)20-11-16-22-21-12-23(16)3/h4-5,10,12H,6-9,11H2,1-3H3,(H,19,20). The molecule has 0 radical (unpaired) electrons. The molecule has 0 spiro atoms. The highest BCUT2D eigenvalue weighted by atomic mass is 35.5. The summed E-state index contributed by atoms with van der Waals surface area (Å²) in [5.41, 5.74) is 2.47. The van der Waals surface area contributed by atoms with Crippen LogP contribution >= 0.6 is 11.6 Å². The number of hydrogen-bond donors (Lipinski definition) is 1. The van der Waals surface area contributed by atoms with Gasteiger partial charge in [-0.3, -0.25) is 4.99 Å². The molecule has 0 aliphatic carbocycles. The first-order valence-electron chi connectivity index (χ1n) is 8.38. The molecule has 134 valence electrons. The Hall–Kier alpha value is -2.28. The van der Waals surface area contributed by atoms with Crippen LogP contribution in [0.1, 0.15) is 11.4 Å². The van der Waals surface area contributed by atoms with E-state index in [2.05, 4.69) is 43.3 Å². The minimum absolute atomic E-state index is 0.608. The second-order valence-corrected chi connectivity index (χ2v) is 6.60. The zero-order valence-electron chi connectivity index (χ0n) is 14.9. The topological polar surface area (TPSA) is 61.6 Å². The predicted octanol–water partition coefficient (Wildman–Crippen LogP) is 1.67. The number of aromatic nitrogens is 3. The summed E-state index contributed by atoms with van der Waals surface area (Å²) in [6.45, 7) is 6.42. The van der Waals surface area contributed by atoms with Crippen LogP contribution in [0.15, 0.2) is 29.5 Å². The Morgan fingerprint density at radius 1 is 1.28 bits per heavy atom. The van der Waals surface area contributed by atoms with Gasteiger partial charge in [0.05, 0.1) is 6.54 Å². The molecule has 7 nitrogen and oxygen atoms in total. The summed E-state index contributed by atoms with van der Waals surface area (Å²) in [7, 11) is 3.75. The number of nitrogens with one attached hydrogen (secondary N) is 1. The third-order valence-electron chi connectivity index (χ3n) is 4.51. The molecule has 0 unspecified atom stereocenters. The molecule has 1 N–H and O–H groups in total. The molecule has 0 bridgehead atoms. The van der Waals surface area contributed by atoms with Crippen molar-refractivity contribution in [2.45, 2.75) is 13.5 Å². The van der Waals surface area contributed by atoms with Crippen molar-refractivity contribution in [1.82, 2.24) is 25.0 Å². The normalized spacial score (nSPS) is 15.6. The molecule has 1 aromatic carbocycles. The van der Waals surface area contributed by atoms with Gasteiger partial charge >= 0.3 is 0 Å². The van der Waals surface area contributed by atoms with Gasteiger partial charge in [-0.05, 0) is 24.6 Å². The lowest BCUT2D eigenvalue weighted by Gasteiger charge is -2.38. The number of anilines is 1. The maximum atomic E-state index is 6.16. The van der Waals surface area contributed by atoms with Gasteiger partial charge in [0.1, 0.15) is 6.33 Å². The zero-order chi connectivity index (χ0) is 17.8. The predicted molar refractivity (Wildman–Crippen MR) is 101 cm³/mol. The molecule has 0 atom stereocenters. The average molecular weight is 362 g/mol. The van der Waals surface area contributed by atoms with Crippen LogP contribution in [-0.4, -0.2) is 58.9 Å². The first-order valence-corrected chi connectivity index (χ1v) is 8.76. The van der Waals surface area contributed by atoms with Gasteiger partial charge in [0.25, 0.3) is 0 Å². The molecule has 2 aromatic rings. The Balaban J connectivity index is 1.59. The molecule has 1 aliphatic rings. The van der Waals surface area contributed by atoms with Crippen LogP contribution in [0, 0.1) is 6.92 Å². The lowest BCUT2D eigenvalue weighted by molar-refractivity contribution is 0.371.